The lowest BCUT2D eigenvalue weighted by Crippen LogP contribution is -2.09. The van der Waals surface area contributed by atoms with Crippen LogP contribution in [-0.4, -0.2) is 9.97 Å². The number of rotatable bonds is 2. The average molecular weight is 214 g/mol. The number of hydrogen-bond acceptors (Lipinski definition) is 1. The molecule has 2 aromatic rings. The maximum atomic E-state index is 4.34. The number of aromatic nitrogens is 2. The van der Waals surface area contributed by atoms with E-state index in [4.69, 9.17) is 0 Å². The molecule has 0 spiro atoms. The highest BCUT2D eigenvalue weighted by Crippen LogP contribution is 2.27. The van der Waals surface area contributed by atoms with Crippen molar-refractivity contribution in [2.75, 3.05) is 0 Å². The van der Waals surface area contributed by atoms with Crippen LogP contribution in [0, 0.1) is 5.92 Å². The van der Waals surface area contributed by atoms with Gasteiger partial charge in [0.25, 0.3) is 0 Å². The largest absolute Gasteiger partial charge is 0.343 e. The molecule has 1 N–H and O–H groups in total. The van der Waals surface area contributed by atoms with Gasteiger partial charge in [0, 0.05) is 17.3 Å². The summed E-state index contributed by atoms with van der Waals surface area (Å²) in [6.45, 7) is 0. The Hall–Kier alpha value is -1.31. The fourth-order valence-corrected chi connectivity index (χ4v) is 2.83. The second-order valence-electron chi connectivity index (χ2n) is 4.94. The summed E-state index contributed by atoms with van der Waals surface area (Å²) in [6.07, 6.45) is 10.1. The molecular weight excluding hydrogens is 196 g/mol. The minimum atomic E-state index is 0.891. The van der Waals surface area contributed by atoms with Gasteiger partial charge in [-0.05, 0) is 30.5 Å². The van der Waals surface area contributed by atoms with Gasteiger partial charge in [-0.1, -0.05) is 32.1 Å². The molecule has 84 valence electrons. The number of nitrogens with one attached hydrogen (secondary N) is 1. The molecule has 0 saturated heterocycles. The summed E-state index contributed by atoms with van der Waals surface area (Å²) in [4.78, 5) is 7.77. The van der Waals surface area contributed by atoms with Gasteiger partial charge in [0.15, 0.2) is 0 Å². The van der Waals surface area contributed by atoms with Gasteiger partial charge in [-0.3, -0.25) is 0 Å². The predicted octanol–water partition coefficient (Wildman–Crippen LogP) is 3.69. The summed E-state index contributed by atoms with van der Waals surface area (Å²) < 4.78 is 0. The summed E-state index contributed by atoms with van der Waals surface area (Å²) in [5, 5.41) is 1.24. The van der Waals surface area contributed by atoms with Gasteiger partial charge >= 0.3 is 0 Å². The van der Waals surface area contributed by atoms with E-state index < -0.39 is 0 Å². The summed E-state index contributed by atoms with van der Waals surface area (Å²) in [7, 11) is 0. The molecule has 3 rings (SSSR count). The van der Waals surface area contributed by atoms with Crippen molar-refractivity contribution in [2.24, 2.45) is 5.92 Å². The molecule has 1 fully saturated rings. The number of hydrogen-bond donors (Lipinski definition) is 1. The first-order chi connectivity index (χ1) is 7.92. The van der Waals surface area contributed by atoms with E-state index in [1.807, 2.05) is 12.3 Å². The number of aromatic amines is 1. The number of fused-ring (bicyclic) bond motifs is 1. The van der Waals surface area contributed by atoms with E-state index >= 15 is 0 Å². The molecule has 16 heavy (non-hydrogen) atoms. The molecule has 0 aliphatic heterocycles. The van der Waals surface area contributed by atoms with E-state index in [0.29, 0.717) is 0 Å². The van der Waals surface area contributed by atoms with E-state index in [1.54, 1.807) is 0 Å². The first kappa shape index (κ1) is 9.88. The average Bonchev–Trinajstić information content (AvgIpc) is 2.72. The van der Waals surface area contributed by atoms with E-state index in [9.17, 15) is 0 Å². The van der Waals surface area contributed by atoms with Gasteiger partial charge in [-0.25, -0.2) is 4.98 Å². The van der Waals surface area contributed by atoms with Crippen LogP contribution >= 0.6 is 0 Å². The number of H-pyrrole nitrogens is 1. The molecule has 2 aromatic heterocycles. The zero-order chi connectivity index (χ0) is 10.8. The van der Waals surface area contributed by atoms with Gasteiger partial charge < -0.3 is 4.98 Å². The summed E-state index contributed by atoms with van der Waals surface area (Å²) in [6, 6.07) is 6.39. The monoisotopic (exact) mass is 214 g/mol. The Labute approximate surface area is 96.1 Å². The first-order valence-electron chi connectivity index (χ1n) is 6.34. The Morgan fingerprint density at radius 2 is 2.12 bits per heavy atom. The molecule has 1 saturated carbocycles. The highest BCUT2D eigenvalue weighted by molar-refractivity contribution is 5.76. The van der Waals surface area contributed by atoms with Crippen LogP contribution in [0.25, 0.3) is 11.0 Å². The SMILES string of the molecule is c1cnc2[nH]c(CC3CCCCC3)cc2c1. The second kappa shape index (κ2) is 4.28. The minimum Gasteiger partial charge on any atom is -0.343 e. The van der Waals surface area contributed by atoms with Gasteiger partial charge in [0.1, 0.15) is 5.65 Å². The quantitative estimate of drug-likeness (QED) is 0.811. The molecular formula is C14H18N2. The topological polar surface area (TPSA) is 28.7 Å². The molecule has 1 aliphatic carbocycles. The van der Waals surface area contributed by atoms with Crippen LogP contribution in [-0.2, 0) is 6.42 Å². The Morgan fingerprint density at radius 1 is 1.25 bits per heavy atom. The molecule has 0 unspecified atom stereocenters. The van der Waals surface area contributed by atoms with E-state index in [1.165, 1.54) is 49.6 Å². The van der Waals surface area contributed by atoms with Crippen LogP contribution < -0.4 is 0 Å². The maximum absolute atomic E-state index is 4.34. The van der Waals surface area contributed by atoms with Crippen LogP contribution in [0.5, 0.6) is 0 Å². The molecule has 0 atom stereocenters. The predicted molar refractivity (Wildman–Crippen MR) is 66.4 cm³/mol. The van der Waals surface area contributed by atoms with Gasteiger partial charge in [-0.2, -0.15) is 0 Å². The summed E-state index contributed by atoms with van der Waals surface area (Å²) >= 11 is 0. The van der Waals surface area contributed by atoms with Crippen molar-refractivity contribution in [3.05, 3.63) is 30.1 Å². The molecule has 2 heteroatoms. The third-order valence-corrected chi connectivity index (χ3v) is 3.68. The number of nitrogens with zero attached hydrogens (tertiary/aromatic N) is 1. The van der Waals surface area contributed by atoms with Crippen molar-refractivity contribution in [1.29, 1.82) is 0 Å². The lowest BCUT2D eigenvalue weighted by atomic mass is 9.86. The normalized spacial score (nSPS) is 18.0. The van der Waals surface area contributed by atoms with E-state index in [0.717, 1.165) is 11.6 Å². The lowest BCUT2D eigenvalue weighted by Gasteiger charge is -2.20. The van der Waals surface area contributed by atoms with Gasteiger partial charge in [-0.15, -0.1) is 0 Å². The van der Waals surface area contributed by atoms with Crippen molar-refractivity contribution in [3.8, 4) is 0 Å². The molecule has 0 bridgehead atoms. The van der Waals surface area contributed by atoms with Crippen molar-refractivity contribution < 1.29 is 0 Å². The smallest absolute Gasteiger partial charge is 0.137 e. The van der Waals surface area contributed by atoms with Crippen molar-refractivity contribution in [1.82, 2.24) is 9.97 Å². The zero-order valence-electron chi connectivity index (χ0n) is 9.58. The maximum Gasteiger partial charge on any atom is 0.137 e. The second-order valence-corrected chi connectivity index (χ2v) is 4.94. The van der Waals surface area contributed by atoms with Crippen molar-refractivity contribution >= 4 is 11.0 Å². The van der Waals surface area contributed by atoms with E-state index in [-0.39, 0.29) is 0 Å². The molecule has 0 amide bonds. The van der Waals surface area contributed by atoms with Crippen LogP contribution in [0.4, 0.5) is 0 Å². The zero-order valence-corrected chi connectivity index (χ0v) is 9.58. The van der Waals surface area contributed by atoms with Crippen LogP contribution in [0.2, 0.25) is 0 Å². The first-order valence-corrected chi connectivity index (χ1v) is 6.34. The highest BCUT2D eigenvalue weighted by Gasteiger charge is 2.14. The molecule has 2 heterocycles. The fraction of sp³-hybridized carbons (Fsp3) is 0.500. The van der Waals surface area contributed by atoms with Crippen LogP contribution in [0.3, 0.4) is 0 Å². The van der Waals surface area contributed by atoms with Crippen molar-refractivity contribution in [2.45, 2.75) is 38.5 Å². The Kier molecular flexibility index (Phi) is 2.65. The number of pyridine rings is 1. The minimum absolute atomic E-state index is 0.891. The Morgan fingerprint density at radius 3 is 2.94 bits per heavy atom. The third kappa shape index (κ3) is 1.97. The van der Waals surface area contributed by atoms with E-state index in [2.05, 4.69) is 22.1 Å². The Balaban J connectivity index is 1.78. The fourth-order valence-electron chi connectivity index (χ4n) is 2.83. The summed E-state index contributed by atoms with van der Waals surface area (Å²) in [5.74, 6) is 0.891. The van der Waals surface area contributed by atoms with Gasteiger partial charge in [0.2, 0.25) is 0 Å². The van der Waals surface area contributed by atoms with Crippen LogP contribution in [0.1, 0.15) is 37.8 Å². The Bertz CT molecular complexity index is 433. The molecule has 1 aliphatic rings. The molecule has 0 aromatic carbocycles. The third-order valence-electron chi connectivity index (χ3n) is 3.68. The van der Waals surface area contributed by atoms with Crippen LogP contribution in [0.15, 0.2) is 24.4 Å². The lowest BCUT2D eigenvalue weighted by molar-refractivity contribution is 0.355. The standard InChI is InChI=1S/C14H18N2/c1-2-5-11(6-3-1)9-13-10-12-7-4-8-15-14(12)16-13/h4,7-8,10-11H,1-3,5-6,9H2,(H,15,16). The van der Waals surface area contributed by atoms with Gasteiger partial charge in [0.05, 0.1) is 0 Å². The highest BCUT2D eigenvalue weighted by atomic mass is 14.8. The summed E-state index contributed by atoms with van der Waals surface area (Å²) in [5.41, 5.74) is 2.40. The molecule has 0 radical (unpaired) electrons. The van der Waals surface area contributed by atoms with Crippen molar-refractivity contribution in [3.63, 3.8) is 0 Å². The molecule has 2 nitrogen and oxygen atoms in total.